The van der Waals surface area contributed by atoms with Crippen molar-refractivity contribution in [3.63, 3.8) is 0 Å². The Morgan fingerprint density at radius 1 is 0.952 bits per heavy atom. The van der Waals surface area contributed by atoms with Gasteiger partial charge in [0.05, 0.1) is 0 Å². The Morgan fingerprint density at radius 2 is 1.57 bits per heavy atom. The average Bonchev–Trinajstić information content (AvgIpc) is 2.36. The molecule has 2 rings (SSSR count). The second-order valence-electron chi connectivity index (χ2n) is 8.51. The van der Waals surface area contributed by atoms with E-state index < -0.39 is 0 Å². The highest BCUT2D eigenvalue weighted by atomic mass is 14.9. The summed E-state index contributed by atoms with van der Waals surface area (Å²) in [5.74, 6) is 0. The Labute approximate surface area is 131 Å². The van der Waals surface area contributed by atoms with E-state index >= 15 is 0 Å². The lowest BCUT2D eigenvalue weighted by Gasteiger charge is -2.45. The van der Waals surface area contributed by atoms with Crippen LogP contribution in [0.4, 0.5) is 0 Å². The van der Waals surface area contributed by atoms with E-state index in [1.807, 2.05) is 0 Å². The Hall–Kier alpha value is -0.820. The molecule has 0 aromatic heterocycles. The van der Waals surface area contributed by atoms with Crippen LogP contribution in [0, 0.1) is 10.8 Å². The van der Waals surface area contributed by atoms with Crippen LogP contribution in [0.5, 0.6) is 0 Å². The van der Waals surface area contributed by atoms with E-state index in [0.717, 1.165) is 0 Å². The van der Waals surface area contributed by atoms with E-state index in [9.17, 15) is 0 Å². The summed E-state index contributed by atoms with van der Waals surface area (Å²) in [6.07, 6.45) is 7.80. The van der Waals surface area contributed by atoms with Crippen molar-refractivity contribution in [3.8, 4) is 0 Å². The lowest BCUT2D eigenvalue weighted by Crippen LogP contribution is -2.44. The van der Waals surface area contributed by atoms with Crippen LogP contribution < -0.4 is 5.32 Å². The molecule has 1 fully saturated rings. The fourth-order valence-electron chi connectivity index (χ4n) is 4.40. The van der Waals surface area contributed by atoms with E-state index in [1.165, 1.54) is 50.6 Å². The van der Waals surface area contributed by atoms with Gasteiger partial charge in [0.1, 0.15) is 0 Å². The Kier molecular flexibility index (Phi) is 5.48. The summed E-state index contributed by atoms with van der Waals surface area (Å²) in [6.45, 7) is 10.9. The molecule has 1 aliphatic rings. The van der Waals surface area contributed by atoms with Gasteiger partial charge in [0.25, 0.3) is 0 Å². The van der Waals surface area contributed by atoms with Gasteiger partial charge in [-0.05, 0) is 61.5 Å². The molecule has 1 aliphatic carbocycles. The summed E-state index contributed by atoms with van der Waals surface area (Å²) < 4.78 is 0. The Morgan fingerprint density at radius 3 is 2.19 bits per heavy atom. The van der Waals surface area contributed by atoms with Gasteiger partial charge in [-0.25, -0.2) is 0 Å². The molecule has 0 aliphatic heterocycles. The maximum absolute atomic E-state index is 3.82. The van der Waals surface area contributed by atoms with Crippen LogP contribution in [0.25, 0.3) is 0 Å². The Bertz CT molecular complexity index is 403. The van der Waals surface area contributed by atoms with E-state index in [2.05, 4.69) is 63.3 Å². The van der Waals surface area contributed by atoms with Gasteiger partial charge in [0, 0.05) is 6.04 Å². The van der Waals surface area contributed by atoms with Crippen LogP contribution >= 0.6 is 0 Å². The number of benzene rings is 1. The van der Waals surface area contributed by atoms with Crippen molar-refractivity contribution in [1.29, 1.82) is 0 Å². The van der Waals surface area contributed by atoms with Gasteiger partial charge in [0.15, 0.2) is 0 Å². The first-order valence-corrected chi connectivity index (χ1v) is 8.64. The van der Waals surface area contributed by atoms with Gasteiger partial charge in [-0.1, -0.05) is 58.0 Å². The monoisotopic (exact) mass is 287 g/mol. The zero-order chi connectivity index (χ0) is 15.3. The summed E-state index contributed by atoms with van der Waals surface area (Å²) in [6, 6.07) is 11.6. The van der Waals surface area contributed by atoms with Gasteiger partial charge in [-0.2, -0.15) is 0 Å². The number of rotatable bonds is 6. The van der Waals surface area contributed by atoms with E-state index in [4.69, 9.17) is 0 Å². The number of aryl methyl sites for hydroxylation is 1. The van der Waals surface area contributed by atoms with Gasteiger partial charge in [-0.3, -0.25) is 0 Å². The molecule has 0 bridgehead atoms. The normalized spacial score (nSPS) is 21.3. The summed E-state index contributed by atoms with van der Waals surface area (Å²) in [5, 5.41) is 3.82. The lowest BCUT2D eigenvalue weighted by molar-refractivity contribution is 0.0851. The highest BCUT2D eigenvalue weighted by molar-refractivity contribution is 5.14. The zero-order valence-corrected chi connectivity index (χ0v) is 14.4. The van der Waals surface area contributed by atoms with E-state index in [0.29, 0.717) is 16.9 Å². The molecule has 0 radical (unpaired) electrons. The summed E-state index contributed by atoms with van der Waals surface area (Å²) in [4.78, 5) is 0. The Balaban J connectivity index is 1.66. The topological polar surface area (TPSA) is 12.0 Å². The van der Waals surface area contributed by atoms with Crippen LogP contribution in [0.1, 0.15) is 65.4 Å². The highest BCUT2D eigenvalue weighted by Crippen LogP contribution is 2.45. The van der Waals surface area contributed by atoms with Crippen LogP contribution in [0.3, 0.4) is 0 Å². The molecule has 0 saturated heterocycles. The lowest BCUT2D eigenvalue weighted by atomic mass is 9.63. The molecule has 0 unspecified atom stereocenters. The van der Waals surface area contributed by atoms with Gasteiger partial charge in [-0.15, -0.1) is 0 Å². The molecule has 0 atom stereocenters. The minimum absolute atomic E-state index is 0.490. The number of hydrogen-bond donors (Lipinski definition) is 1. The molecule has 1 nitrogen and oxygen atoms in total. The minimum atomic E-state index is 0.490. The zero-order valence-electron chi connectivity index (χ0n) is 14.4. The third kappa shape index (κ3) is 5.82. The van der Waals surface area contributed by atoms with Gasteiger partial charge >= 0.3 is 0 Å². The van der Waals surface area contributed by atoms with Crippen molar-refractivity contribution in [2.45, 2.75) is 72.3 Å². The van der Waals surface area contributed by atoms with Crippen molar-refractivity contribution in [1.82, 2.24) is 5.32 Å². The third-order valence-electron chi connectivity index (χ3n) is 4.72. The molecule has 1 saturated carbocycles. The van der Waals surface area contributed by atoms with Crippen LogP contribution in [0.15, 0.2) is 30.3 Å². The van der Waals surface area contributed by atoms with Crippen molar-refractivity contribution in [2.75, 3.05) is 6.54 Å². The van der Waals surface area contributed by atoms with Crippen molar-refractivity contribution in [3.05, 3.63) is 35.9 Å². The molecule has 0 amide bonds. The maximum atomic E-state index is 3.82. The van der Waals surface area contributed by atoms with Gasteiger partial charge < -0.3 is 5.32 Å². The maximum Gasteiger partial charge on any atom is 0.00772 e. The van der Waals surface area contributed by atoms with E-state index in [1.54, 1.807) is 0 Å². The number of nitrogens with one attached hydrogen (secondary N) is 1. The van der Waals surface area contributed by atoms with Crippen molar-refractivity contribution < 1.29 is 0 Å². The SMILES string of the molecule is CC1(C)CC(NCCCCc2ccccc2)CC(C)(C)C1. The second kappa shape index (κ2) is 6.96. The summed E-state index contributed by atoms with van der Waals surface area (Å²) in [7, 11) is 0. The fraction of sp³-hybridized carbons (Fsp3) is 0.700. The van der Waals surface area contributed by atoms with Crippen LogP contribution in [-0.4, -0.2) is 12.6 Å². The molecule has 0 heterocycles. The molecule has 1 N–H and O–H groups in total. The van der Waals surface area contributed by atoms with Crippen LogP contribution in [0.2, 0.25) is 0 Å². The van der Waals surface area contributed by atoms with Crippen molar-refractivity contribution in [2.24, 2.45) is 10.8 Å². The molecule has 1 aromatic rings. The molecule has 1 heteroatoms. The third-order valence-corrected chi connectivity index (χ3v) is 4.72. The smallest absolute Gasteiger partial charge is 0.00772 e. The standard InChI is InChI=1S/C20H33N/c1-19(2)14-18(15-20(3,4)16-19)21-13-9-8-12-17-10-6-5-7-11-17/h5-7,10-11,18,21H,8-9,12-16H2,1-4H3. The first-order valence-electron chi connectivity index (χ1n) is 8.64. The molecule has 1 aromatic carbocycles. The second-order valence-corrected chi connectivity index (χ2v) is 8.51. The highest BCUT2D eigenvalue weighted by Gasteiger charge is 2.37. The molecular weight excluding hydrogens is 254 g/mol. The summed E-state index contributed by atoms with van der Waals surface area (Å²) in [5.41, 5.74) is 2.45. The average molecular weight is 287 g/mol. The molecule has 0 spiro atoms. The molecular formula is C20H33N. The number of unbranched alkanes of at least 4 members (excludes halogenated alkanes) is 1. The predicted octanol–water partition coefficient (Wildman–Crippen LogP) is 5.20. The predicted molar refractivity (Wildman–Crippen MR) is 92.6 cm³/mol. The molecule has 21 heavy (non-hydrogen) atoms. The summed E-state index contributed by atoms with van der Waals surface area (Å²) >= 11 is 0. The quantitative estimate of drug-likeness (QED) is 0.709. The largest absolute Gasteiger partial charge is 0.314 e. The first kappa shape index (κ1) is 16.5. The van der Waals surface area contributed by atoms with Crippen LogP contribution in [-0.2, 0) is 6.42 Å². The van der Waals surface area contributed by atoms with Crippen molar-refractivity contribution >= 4 is 0 Å². The van der Waals surface area contributed by atoms with E-state index in [-0.39, 0.29) is 0 Å². The van der Waals surface area contributed by atoms with Gasteiger partial charge in [0.2, 0.25) is 0 Å². The fourth-order valence-corrected chi connectivity index (χ4v) is 4.40. The number of hydrogen-bond acceptors (Lipinski definition) is 1. The first-order chi connectivity index (χ1) is 9.86. The molecule has 118 valence electrons. The minimum Gasteiger partial charge on any atom is -0.314 e.